The summed E-state index contributed by atoms with van der Waals surface area (Å²) >= 11 is 4.52. The van der Waals surface area contributed by atoms with E-state index in [0.29, 0.717) is 22.8 Å². The predicted octanol–water partition coefficient (Wildman–Crippen LogP) is 5.15. The quantitative estimate of drug-likeness (QED) is 0.231. The molecule has 4 aromatic rings. The third kappa shape index (κ3) is 4.36. The van der Waals surface area contributed by atoms with Gasteiger partial charge in [0.05, 0.1) is 18.2 Å². The van der Waals surface area contributed by atoms with Crippen LogP contribution in [0.2, 0.25) is 0 Å². The van der Waals surface area contributed by atoms with Gasteiger partial charge in [0.15, 0.2) is 10.3 Å². The number of thiazole rings is 1. The molecule has 3 heterocycles. The van der Waals surface area contributed by atoms with E-state index in [-0.39, 0.29) is 5.56 Å². The average molecular weight is 443 g/mol. The van der Waals surface area contributed by atoms with Crippen molar-refractivity contribution in [3.63, 3.8) is 0 Å². The highest BCUT2D eigenvalue weighted by molar-refractivity contribution is 7.98. The number of aromatic nitrogens is 3. The molecule has 0 saturated heterocycles. The Kier molecular flexibility index (Phi) is 5.98. The van der Waals surface area contributed by atoms with E-state index < -0.39 is 0 Å². The molecule has 0 fully saturated rings. The van der Waals surface area contributed by atoms with Crippen LogP contribution in [0.4, 0.5) is 10.8 Å². The van der Waals surface area contributed by atoms with Crippen molar-refractivity contribution in [3.8, 4) is 5.75 Å². The summed E-state index contributed by atoms with van der Waals surface area (Å²) in [5, 5.41) is 9.35. The van der Waals surface area contributed by atoms with Crippen LogP contribution in [-0.2, 0) is 12.3 Å². The summed E-state index contributed by atoms with van der Waals surface area (Å²) in [6.07, 6.45) is 1.71. The maximum atomic E-state index is 12.7. The van der Waals surface area contributed by atoms with Gasteiger partial charge in [-0.2, -0.15) is 0 Å². The van der Waals surface area contributed by atoms with Crippen molar-refractivity contribution in [2.75, 3.05) is 12.4 Å². The van der Waals surface area contributed by atoms with Crippen LogP contribution >= 0.6 is 34.4 Å². The number of nitrogens with one attached hydrogen (secondary N) is 1. The standard InChI is InChI=1S/C20H18N4O2S3/c1-3-9-24-18(25)16-8-10-27-17(16)23-20(24)29-12-14-11-28-19(22-14)21-13-4-6-15(26-2)7-5-13/h3-8,10-11H,1,9,12H2,2H3,(H,21,22). The van der Waals surface area contributed by atoms with E-state index in [1.807, 2.05) is 41.1 Å². The van der Waals surface area contributed by atoms with Crippen molar-refractivity contribution < 1.29 is 4.74 Å². The van der Waals surface area contributed by atoms with Crippen LogP contribution in [0.1, 0.15) is 5.69 Å². The van der Waals surface area contributed by atoms with Crippen molar-refractivity contribution in [2.45, 2.75) is 17.5 Å². The van der Waals surface area contributed by atoms with Crippen molar-refractivity contribution >= 4 is 55.5 Å². The summed E-state index contributed by atoms with van der Waals surface area (Å²) in [5.41, 5.74) is 1.85. The molecule has 0 atom stereocenters. The Morgan fingerprint density at radius 2 is 2.07 bits per heavy atom. The first-order valence-electron chi connectivity index (χ1n) is 8.75. The first-order valence-corrected chi connectivity index (χ1v) is 11.5. The largest absolute Gasteiger partial charge is 0.497 e. The zero-order valence-corrected chi connectivity index (χ0v) is 18.1. The fraction of sp³-hybridized carbons (Fsp3) is 0.150. The first-order chi connectivity index (χ1) is 14.2. The van der Waals surface area contributed by atoms with Crippen molar-refractivity contribution in [2.24, 2.45) is 0 Å². The third-order valence-electron chi connectivity index (χ3n) is 4.10. The lowest BCUT2D eigenvalue weighted by molar-refractivity contribution is 0.415. The SMILES string of the molecule is C=CCn1c(SCc2csc(Nc3ccc(OC)cc3)n2)nc2sccc2c1=O. The van der Waals surface area contributed by atoms with E-state index in [0.717, 1.165) is 27.1 Å². The molecule has 148 valence electrons. The minimum absolute atomic E-state index is 0.0289. The van der Waals surface area contributed by atoms with Gasteiger partial charge in [-0.15, -0.1) is 29.3 Å². The summed E-state index contributed by atoms with van der Waals surface area (Å²) in [7, 11) is 1.65. The van der Waals surface area contributed by atoms with Gasteiger partial charge in [0.2, 0.25) is 0 Å². The van der Waals surface area contributed by atoms with Gasteiger partial charge < -0.3 is 10.1 Å². The lowest BCUT2D eigenvalue weighted by Crippen LogP contribution is -2.22. The Hall–Kier alpha value is -2.62. The highest BCUT2D eigenvalue weighted by Gasteiger charge is 2.13. The Bertz CT molecular complexity index is 1190. The molecule has 0 aliphatic rings. The van der Waals surface area contributed by atoms with Gasteiger partial charge in [0.25, 0.3) is 5.56 Å². The van der Waals surface area contributed by atoms with Crippen LogP contribution < -0.4 is 15.6 Å². The maximum Gasteiger partial charge on any atom is 0.263 e. The number of nitrogens with zero attached hydrogens (tertiary/aromatic N) is 3. The number of allylic oxidation sites excluding steroid dienone is 1. The molecule has 0 aliphatic heterocycles. The highest BCUT2D eigenvalue weighted by atomic mass is 32.2. The molecule has 0 aliphatic carbocycles. The second-order valence-corrected chi connectivity index (χ2v) is 8.72. The Balaban J connectivity index is 1.49. The van der Waals surface area contributed by atoms with E-state index in [9.17, 15) is 4.79 Å². The smallest absolute Gasteiger partial charge is 0.263 e. The van der Waals surface area contributed by atoms with Crippen molar-refractivity contribution in [3.05, 3.63) is 69.8 Å². The number of fused-ring (bicyclic) bond motifs is 1. The second kappa shape index (κ2) is 8.81. The van der Waals surface area contributed by atoms with Crippen LogP contribution in [0.3, 0.4) is 0 Å². The molecular formula is C20H18N4O2S3. The summed E-state index contributed by atoms with van der Waals surface area (Å²) in [6.45, 7) is 4.19. The van der Waals surface area contributed by atoms with E-state index >= 15 is 0 Å². The fourth-order valence-corrected chi connectivity index (χ4v) is 5.24. The van der Waals surface area contributed by atoms with E-state index in [2.05, 4.69) is 21.9 Å². The summed E-state index contributed by atoms with van der Waals surface area (Å²) < 4.78 is 6.84. The summed E-state index contributed by atoms with van der Waals surface area (Å²) in [4.78, 5) is 22.8. The summed E-state index contributed by atoms with van der Waals surface area (Å²) in [6, 6.07) is 9.52. The number of benzene rings is 1. The maximum absolute atomic E-state index is 12.7. The minimum Gasteiger partial charge on any atom is -0.497 e. The molecule has 29 heavy (non-hydrogen) atoms. The van der Waals surface area contributed by atoms with Gasteiger partial charge in [0.1, 0.15) is 10.6 Å². The average Bonchev–Trinajstić information content (AvgIpc) is 3.39. The Morgan fingerprint density at radius 3 is 2.83 bits per heavy atom. The minimum atomic E-state index is -0.0289. The van der Waals surface area contributed by atoms with Gasteiger partial charge in [-0.25, -0.2) is 9.97 Å². The van der Waals surface area contributed by atoms with Gasteiger partial charge >= 0.3 is 0 Å². The third-order valence-corrected chi connectivity index (χ3v) is 6.73. The van der Waals surface area contributed by atoms with E-state index in [1.165, 1.54) is 23.1 Å². The molecule has 0 radical (unpaired) electrons. The molecule has 9 heteroatoms. The molecule has 0 amide bonds. The van der Waals surface area contributed by atoms with Gasteiger partial charge in [0, 0.05) is 23.4 Å². The zero-order chi connectivity index (χ0) is 20.2. The molecule has 4 rings (SSSR count). The van der Waals surface area contributed by atoms with Crippen LogP contribution in [0.15, 0.2) is 63.7 Å². The lowest BCUT2D eigenvalue weighted by Gasteiger charge is -2.09. The van der Waals surface area contributed by atoms with Gasteiger partial charge in [-0.3, -0.25) is 9.36 Å². The van der Waals surface area contributed by atoms with Crippen molar-refractivity contribution in [1.82, 2.24) is 14.5 Å². The lowest BCUT2D eigenvalue weighted by atomic mass is 10.3. The number of hydrogen-bond acceptors (Lipinski definition) is 8. The molecule has 3 aromatic heterocycles. The summed E-state index contributed by atoms with van der Waals surface area (Å²) in [5.74, 6) is 1.44. The number of methoxy groups -OCH3 is 1. The first kappa shape index (κ1) is 19.7. The number of thioether (sulfide) groups is 1. The molecule has 0 spiro atoms. The molecule has 0 unspecified atom stereocenters. The second-order valence-electron chi connectivity index (χ2n) is 6.02. The molecule has 0 saturated carbocycles. The molecule has 6 nitrogen and oxygen atoms in total. The fourth-order valence-electron chi connectivity index (χ4n) is 2.70. The monoisotopic (exact) mass is 442 g/mol. The zero-order valence-electron chi connectivity index (χ0n) is 15.6. The van der Waals surface area contributed by atoms with Gasteiger partial charge in [-0.05, 0) is 35.7 Å². The molecular weight excluding hydrogens is 424 g/mol. The number of ether oxygens (including phenoxy) is 1. The Morgan fingerprint density at radius 1 is 1.24 bits per heavy atom. The van der Waals surface area contributed by atoms with Crippen LogP contribution in [0.25, 0.3) is 10.2 Å². The van der Waals surface area contributed by atoms with E-state index in [4.69, 9.17) is 4.74 Å². The van der Waals surface area contributed by atoms with Crippen LogP contribution in [0, 0.1) is 0 Å². The predicted molar refractivity (Wildman–Crippen MR) is 122 cm³/mol. The normalized spacial score (nSPS) is 10.9. The number of anilines is 2. The highest BCUT2D eigenvalue weighted by Crippen LogP contribution is 2.27. The number of hydrogen-bond donors (Lipinski definition) is 1. The Labute approximate surface area is 179 Å². The number of thiophene rings is 1. The van der Waals surface area contributed by atoms with Gasteiger partial charge in [-0.1, -0.05) is 17.8 Å². The van der Waals surface area contributed by atoms with Crippen LogP contribution in [-0.4, -0.2) is 21.6 Å². The van der Waals surface area contributed by atoms with E-state index in [1.54, 1.807) is 29.1 Å². The molecule has 1 aromatic carbocycles. The number of rotatable bonds is 8. The molecule has 1 N–H and O–H groups in total. The van der Waals surface area contributed by atoms with Crippen LogP contribution in [0.5, 0.6) is 5.75 Å². The van der Waals surface area contributed by atoms with Crippen molar-refractivity contribution in [1.29, 1.82) is 0 Å². The topological polar surface area (TPSA) is 69.0 Å². The molecule has 0 bridgehead atoms.